The molecule has 0 aliphatic carbocycles. The second kappa shape index (κ2) is 6.93. The Kier molecular flexibility index (Phi) is 4.46. The van der Waals surface area contributed by atoms with E-state index in [1.165, 1.54) is 11.3 Å². The van der Waals surface area contributed by atoms with Crippen molar-refractivity contribution in [3.05, 3.63) is 58.4 Å². The lowest BCUT2D eigenvalue weighted by molar-refractivity contribution is -0.384. The van der Waals surface area contributed by atoms with Gasteiger partial charge in [-0.25, -0.2) is 4.39 Å². The van der Waals surface area contributed by atoms with E-state index in [0.717, 1.165) is 40.2 Å². The number of amides is 1. The number of thioether (sulfide) groups is 1. The van der Waals surface area contributed by atoms with Crippen molar-refractivity contribution in [2.45, 2.75) is 5.16 Å². The Labute approximate surface area is 159 Å². The summed E-state index contributed by atoms with van der Waals surface area (Å²) in [5, 5.41) is 21.9. The lowest BCUT2D eigenvalue weighted by atomic mass is 10.2. The van der Waals surface area contributed by atoms with Crippen LogP contribution in [-0.4, -0.2) is 31.2 Å². The SMILES string of the molecule is O=C(CSc1nnc2sc3ccccc3n12)Nc1cc([N+](=O)[O-])ccc1F. The van der Waals surface area contributed by atoms with Crippen LogP contribution in [-0.2, 0) is 4.79 Å². The van der Waals surface area contributed by atoms with Crippen LogP contribution in [0, 0.1) is 15.9 Å². The molecule has 1 amide bonds. The molecule has 0 radical (unpaired) electrons. The molecule has 2 aromatic carbocycles. The molecule has 0 saturated carbocycles. The first-order valence-corrected chi connectivity index (χ1v) is 9.42. The van der Waals surface area contributed by atoms with Crippen molar-refractivity contribution in [1.82, 2.24) is 14.6 Å². The summed E-state index contributed by atoms with van der Waals surface area (Å²) < 4.78 is 16.7. The molecule has 11 heteroatoms. The van der Waals surface area contributed by atoms with Crippen molar-refractivity contribution < 1.29 is 14.1 Å². The summed E-state index contributed by atoms with van der Waals surface area (Å²) >= 11 is 2.64. The number of benzene rings is 2. The first-order valence-electron chi connectivity index (χ1n) is 7.62. The van der Waals surface area contributed by atoms with Crippen LogP contribution < -0.4 is 5.32 Å². The highest BCUT2D eigenvalue weighted by molar-refractivity contribution is 7.99. The fourth-order valence-electron chi connectivity index (χ4n) is 2.49. The third-order valence-electron chi connectivity index (χ3n) is 3.68. The zero-order chi connectivity index (χ0) is 19.0. The molecule has 0 fully saturated rings. The number of thiazole rings is 1. The van der Waals surface area contributed by atoms with E-state index < -0.39 is 16.6 Å². The second-order valence-corrected chi connectivity index (χ2v) is 7.38. The summed E-state index contributed by atoms with van der Waals surface area (Å²) in [4.78, 5) is 23.0. The highest BCUT2D eigenvalue weighted by Gasteiger charge is 2.16. The number of hydrogen-bond donors (Lipinski definition) is 1. The minimum absolute atomic E-state index is 0.0485. The molecule has 136 valence electrons. The van der Waals surface area contributed by atoms with Crippen LogP contribution >= 0.6 is 23.1 Å². The molecule has 2 aromatic heterocycles. The number of fused-ring (bicyclic) bond motifs is 3. The molecule has 4 aromatic rings. The van der Waals surface area contributed by atoms with Gasteiger partial charge in [0.15, 0.2) is 5.16 Å². The number of halogens is 1. The Hall–Kier alpha value is -3.05. The Morgan fingerprint density at radius 2 is 2.11 bits per heavy atom. The van der Waals surface area contributed by atoms with Crippen molar-refractivity contribution in [3.8, 4) is 0 Å². The van der Waals surface area contributed by atoms with Gasteiger partial charge in [-0.3, -0.25) is 19.3 Å². The standard InChI is InChI=1S/C16H10FN5O3S2/c17-10-6-5-9(22(24)25)7-11(10)18-14(23)8-26-15-19-20-16-21(15)12-3-1-2-4-13(12)27-16/h1-7H,8H2,(H,18,23). The molecule has 2 heterocycles. The van der Waals surface area contributed by atoms with E-state index in [1.54, 1.807) is 0 Å². The molecule has 0 atom stereocenters. The fourth-order valence-corrected chi connectivity index (χ4v) is 4.26. The third-order valence-corrected chi connectivity index (χ3v) is 5.62. The van der Waals surface area contributed by atoms with Crippen LogP contribution in [0.2, 0.25) is 0 Å². The van der Waals surface area contributed by atoms with E-state index in [-0.39, 0.29) is 17.1 Å². The van der Waals surface area contributed by atoms with Crippen molar-refractivity contribution in [2.24, 2.45) is 0 Å². The molecule has 0 bridgehead atoms. The zero-order valence-electron chi connectivity index (χ0n) is 13.5. The van der Waals surface area contributed by atoms with Crippen LogP contribution in [0.25, 0.3) is 15.2 Å². The minimum Gasteiger partial charge on any atom is -0.323 e. The van der Waals surface area contributed by atoms with Crippen LogP contribution in [0.15, 0.2) is 47.6 Å². The van der Waals surface area contributed by atoms with Crippen molar-refractivity contribution >= 4 is 55.6 Å². The number of nitro groups is 1. The summed E-state index contributed by atoms with van der Waals surface area (Å²) in [7, 11) is 0. The van der Waals surface area contributed by atoms with Gasteiger partial charge in [0.2, 0.25) is 10.9 Å². The molecular weight excluding hydrogens is 393 g/mol. The van der Waals surface area contributed by atoms with Crippen molar-refractivity contribution in [3.63, 3.8) is 0 Å². The number of nitrogens with one attached hydrogen (secondary N) is 1. The largest absolute Gasteiger partial charge is 0.323 e. The number of nitrogens with zero attached hydrogens (tertiary/aromatic N) is 4. The van der Waals surface area contributed by atoms with Crippen LogP contribution in [0.3, 0.4) is 0 Å². The van der Waals surface area contributed by atoms with Gasteiger partial charge in [0, 0.05) is 12.1 Å². The molecule has 0 aliphatic heterocycles. The van der Waals surface area contributed by atoms with Gasteiger partial charge < -0.3 is 5.32 Å². The maximum absolute atomic E-state index is 13.8. The third kappa shape index (κ3) is 3.34. The molecule has 27 heavy (non-hydrogen) atoms. The zero-order valence-corrected chi connectivity index (χ0v) is 15.1. The van der Waals surface area contributed by atoms with E-state index in [9.17, 15) is 19.3 Å². The van der Waals surface area contributed by atoms with Gasteiger partial charge in [-0.2, -0.15) is 0 Å². The van der Waals surface area contributed by atoms with Gasteiger partial charge >= 0.3 is 0 Å². The summed E-state index contributed by atoms with van der Waals surface area (Å²) in [5.74, 6) is -1.30. The molecule has 0 saturated heterocycles. The molecule has 1 N–H and O–H groups in total. The smallest absolute Gasteiger partial charge is 0.271 e. The van der Waals surface area contributed by atoms with E-state index in [0.29, 0.717) is 10.1 Å². The maximum Gasteiger partial charge on any atom is 0.271 e. The molecule has 8 nitrogen and oxygen atoms in total. The lowest BCUT2D eigenvalue weighted by Gasteiger charge is -2.05. The summed E-state index contributed by atoms with van der Waals surface area (Å²) in [6.45, 7) is 0. The molecule has 0 spiro atoms. The van der Waals surface area contributed by atoms with Gasteiger partial charge in [-0.1, -0.05) is 35.2 Å². The molecule has 0 unspecified atom stereocenters. The van der Waals surface area contributed by atoms with Gasteiger partial charge in [0.1, 0.15) is 5.82 Å². The average molecular weight is 403 g/mol. The summed E-state index contributed by atoms with van der Waals surface area (Å²) in [6, 6.07) is 10.7. The number of aromatic nitrogens is 3. The maximum atomic E-state index is 13.8. The number of carbonyl (C=O) groups excluding carboxylic acids is 1. The summed E-state index contributed by atoms with van der Waals surface area (Å²) in [6.07, 6.45) is 0. The highest BCUT2D eigenvalue weighted by Crippen LogP contribution is 2.29. The molecule has 4 rings (SSSR count). The second-order valence-electron chi connectivity index (χ2n) is 5.43. The van der Waals surface area contributed by atoms with Crippen molar-refractivity contribution in [1.29, 1.82) is 0 Å². The van der Waals surface area contributed by atoms with Crippen LogP contribution in [0.5, 0.6) is 0 Å². The fraction of sp³-hybridized carbons (Fsp3) is 0.0625. The number of carbonyl (C=O) groups is 1. The predicted molar refractivity (Wildman–Crippen MR) is 101 cm³/mol. The Balaban J connectivity index is 1.51. The quantitative estimate of drug-likeness (QED) is 0.309. The number of non-ortho nitro benzene ring substituents is 1. The van der Waals surface area contributed by atoms with Gasteiger partial charge in [-0.05, 0) is 18.2 Å². The van der Waals surface area contributed by atoms with Crippen LogP contribution in [0.4, 0.5) is 15.8 Å². The van der Waals surface area contributed by atoms with E-state index >= 15 is 0 Å². The highest BCUT2D eigenvalue weighted by atomic mass is 32.2. The first-order chi connectivity index (χ1) is 13.0. The topological polar surface area (TPSA) is 102 Å². The van der Waals surface area contributed by atoms with Crippen molar-refractivity contribution in [2.75, 3.05) is 11.1 Å². The van der Waals surface area contributed by atoms with E-state index in [1.807, 2.05) is 28.7 Å². The van der Waals surface area contributed by atoms with Gasteiger partial charge in [0.25, 0.3) is 5.69 Å². The lowest BCUT2D eigenvalue weighted by Crippen LogP contribution is -2.15. The number of hydrogen-bond acceptors (Lipinski definition) is 7. The monoisotopic (exact) mass is 403 g/mol. The van der Waals surface area contributed by atoms with E-state index in [2.05, 4.69) is 15.5 Å². The number of anilines is 1. The number of nitro benzene ring substituents is 1. The van der Waals surface area contributed by atoms with Gasteiger partial charge in [-0.15, -0.1) is 10.2 Å². The summed E-state index contributed by atoms with van der Waals surface area (Å²) in [5.41, 5.74) is 0.403. The molecular formula is C16H10FN5O3S2. The Morgan fingerprint density at radius 3 is 2.93 bits per heavy atom. The first kappa shape index (κ1) is 17.4. The predicted octanol–water partition coefficient (Wildman–Crippen LogP) is 3.72. The normalized spacial score (nSPS) is 11.1. The van der Waals surface area contributed by atoms with E-state index in [4.69, 9.17) is 0 Å². The molecule has 0 aliphatic rings. The average Bonchev–Trinajstić information content (AvgIpc) is 3.21. The Morgan fingerprint density at radius 1 is 1.30 bits per heavy atom. The van der Waals surface area contributed by atoms with Gasteiger partial charge in [0.05, 0.1) is 26.6 Å². The number of para-hydroxylation sites is 1. The van der Waals surface area contributed by atoms with Crippen LogP contribution in [0.1, 0.15) is 0 Å². The number of rotatable bonds is 5. The Bertz CT molecular complexity index is 1190. The minimum atomic E-state index is -0.743.